The molecule has 0 bridgehead atoms. The second-order valence-corrected chi connectivity index (χ2v) is 14.7. The molecule has 0 saturated heterocycles. The zero-order valence-corrected chi connectivity index (χ0v) is 28.5. The summed E-state index contributed by atoms with van der Waals surface area (Å²) in [6.07, 6.45) is 0. The third kappa shape index (κ3) is 4.05. The molecule has 2 heteroatoms. The molecule has 0 saturated carbocycles. The van der Waals surface area contributed by atoms with Gasteiger partial charge in [-0.2, -0.15) is 0 Å². The number of nitrogens with zero attached hydrogens (tertiary/aromatic N) is 1. The highest BCUT2D eigenvalue weighted by Gasteiger charge is 2.35. The zero-order chi connectivity index (χ0) is 33.8. The lowest BCUT2D eigenvalue weighted by atomic mass is 9.82. The molecule has 0 spiro atoms. The molecular formula is C49H34N2. The van der Waals surface area contributed by atoms with E-state index in [4.69, 9.17) is 0 Å². The summed E-state index contributed by atoms with van der Waals surface area (Å²) in [7, 11) is 0. The number of hydrogen-bond donors (Lipinski definition) is 1. The van der Waals surface area contributed by atoms with E-state index in [1.54, 1.807) is 0 Å². The number of aromatic nitrogens is 1. The molecule has 1 heterocycles. The van der Waals surface area contributed by atoms with Gasteiger partial charge >= 0.3 is 0 Å². The smallest absolute Gasteiger partial charge is 0.0551 e. The number of benzene rings is 8. The Labute approximate surface area is 297 Å². The lowest BCUT2D eigenvalue weighted by Gasteiger charge is -2.28. The Morgan fingerprint density at radius 2 is 1.10 bits per heavy atom. The molecular weight excluding hydrogens is 617 g/mol. The molecule has 1 aromatic heterocycles. The van der Waals surface area contributed by atoms with Crippen LogP contribution in [0.5, 0.6) is 0 Å². The fourth-order valence-corrected chi connectivity index (χ4v) is 9.01. The second-order valence-electron chi connectivity index (χ2n) is 14.7. The predicted octanol–water partition coefficient (Wildman–Crippen LogP) is 13.6. The van der Waals surface area contributed by atoms with E-state index < -0.39 is 0 Å². The summed E-state index contributed by atoms with van der Waals surface area (Å²) in [6.45, 7) is 4.71. The minimum Gasteiger partial charge on any atom is -0.354 e. The summed E-state index contributed by atoms with van der Waals surface area (Å²) in [6, 6.07) is 60.6. The maximum atomic E-state index is 3.76. The van der Waals surface area contributed by atoms with Crippen LogP contribution in [0.4, 0.5) is 17.1 Å². The number of nitrogens with one attached hydrogen (secondary N) is 1. The quantitative estimate of drug-likeness (QED) is 0.201. The van der Waals surface area contributed by atoms with Crippen molar-refractivity contribution in [3.8, 4) is 44.6 Å². The fraction of sp³-hybridized carbons (Fsp3) is 0.0612. The van der Waals surface area contributed by atoms with Crippen molar-refractivity contribution >= 4 is 49.5 Å². The number of hydrogen-bond acceptors (Lipinski definition) is 1. The first-order valence-electron chi connectivity index (χ1n) is 17.8. The standard InChI is InChI=1S/C49H34N2/c1-49(2)43-16-6-5-13-38(43)39-25-24-37(29-44(39)49)51(36-23-19-30-9-3-4-10-33(30)27-36)35-21-17-31(18-22-35)34-20-26-45-42(28-34)47-40-14-7-11-32-12-8-15-41(46(32)40)48(47)50-45/h3-29,50H,1-2H3. The van der Waals surface area contributed by atoms with Gasteiger partial charge in [-0.05, 0) is 109 Å². The molecule has 0 aliphatic heterocycles. The van der Waals surface area contributed by atoms with Gasteiger partial charge in [-0.15, -0.1) is 0 Å². The maximum absolute atomic E-state index is 3.76. The molecule has 0 radical (unpaired) electrons. The molecule has 0 unspecified atom stereocenters. The maximum Gasteiger partial charge on any atom is 0.0551 e. The monoisotopic (exact) mass is 650 g/mol. The second kappa shape index (κ2) is 10.3. The van der Waals surface area contributed by atoms with Gasteiger partial charge in [0.1, 0.15) is 0 Å². The van der Waals surface area contributed by atoms with E-state index >= 15 is 0 Å². The van der Waals surface area contributed by atoms with Crippen molar-refractivity contribution in [1.82, 2.24) is 4.98 Å². The summed E-state index contributed by atoms with van der Waals surface area (Å²) in [5.74, 6) is 0. The molecule has 0 fully saturated rings. The van der Waals surface area contributed by atoms with Crippen molar-refractivity contribution in [3.63, 3.8) is 0 Å². The van der Waals surface area contributed by atoms with Crippen LogP contribution in [0.25, 0.3) is 77.1 Å². The van der Waals surface area contributed by atoms with Gasteiger partial charge in [-0.1, -0.05) is 129 Å². The molecule has 0 atom stereocenters. The van der Waals surface area contributed by atoms with Crippen LogP contribution in [-0.4, -0.2) is 4.98 Å². The Hall–Kier alpha value is -6.38. The average Bonchev–Trinajstić information content (AvgIpc) is 3.78. The van der Waals surface area contributed by atoms with Crippen molar-refractivity contribution in [2.45, 2.75) is 19.3 Å². The van der Waals surface area contributed by atoms with E-state index in [1.165, 1.54) is 88.2 Å². The largest absolute Gasteiger partial charge is 0.354 e. The number of fused-ring (bicyclic) bond motifs is 9. The van der Waals surface area contributed by atoms with E-state index in [2.05, 4.69) is 188 Å². The van der Waals surface area contributed by atoms with E-state index in [0.29, 0.717) is 0 Å². The van der Waals surface area contributed by atoms with Crippen LogP contribution in [0, 0.1) is 0 Å². The van der Waals surface area contributed by atoms with Crippen LogP contribution in [0.3, 0.4) is 0 Å². The third-order valence-corrected chi connectivity index (χ3v) is 11.5. The molecule has 2 nitrogen and oxygen atoms in total. The minimum atomic E-state index is -0.0786. The van der Waals surface area contributed by atoms with Gasteiger partial charge < -0.3 is 9.88 Å². The molecule has 240 valence electrons. The van der Waals surface area contributed by atoms with Crippen molar-refractivity contribution in [2.75, 3.05) is 4.90 Å². The molecule has 2 aliphatic carbocycles. The molecule has 51 heavy (non-hydrogen) atoms. The van der Waals surface area contributed by atoms with Gasteiger partial charge in [-0.25, -0.2) is 0 Å². The van der Waals surface area contributed by atoms with Gasteiger partial charge in [0.15, 0.2) is 0 Å². The molecule has 0 amide bonds. The lowest BCUT2D eigenvalue weighted by molar-refractivity contribution is 0.660. The molecule has 1 N–H and O–H groups in total. The average molecular weight is 651 g/mol. The van der Waals surface area contributed by atoms with Crippen LogP contribution in [0.2, 0.25) is 0 Å². The normalized spacial score (nSPS) is 13.5. The van der Waals surface area contributed by atoms with Gasteiger partial charge in [-0.3, -0.25) is 0 Å². The molecule has 2 aliphatic rings. The fourth-order valence-electron chi connectivity index (χ4n) is 9.01. The van der Waals surface area contributed by atoms with Crippen molar-refractivity contribution < 1.29 is 0 Å². The highest BCUT2D eigenvalue weighted by Crippen LogP contribution is 2.52. The van der Waals surface area contributed by atoms with Crippen LogP contribution in [-0.2, 0) is 5.41 Å². The summed E-state index contributed by atoms with van der Waals surface area (Å²) < 4.78 is 0. The van der Waals surface area contributed by atoms with Gasteiger partial charge in [0.05, 0.1) is 5.69 Å². The highest BCUT2D eigenvalue weighted by molar-refractivity contribution is 6.21. The first-order chi connectivity index (χ1) is 25.0. The Morgan fingerprint density at radius 3 is 1.96 bits per heavy atom. The first-order valence-corrected chi connectivity index (χ1v) is 17.8. The summed E-state index contributed by atoms with van der Waals surface area (Å²) in [5, 5.41) is 6.39. The first kappa shape index (κ1) is 28.5. The lowest BCUT2D eigenvalue weighted by Crippen LogP contribution is -2.16. The highest BCUT2D eigenvalue weighted by atomic mass is 15.1. The van der Waals surface area contributed by atoms with Crippen molar-refractivity contribution in [3.05, 3.63) is 175 Å². The van der Waals surface area contributed by atoms with E-state index in [-0.39, 0.29) is 5.41 Å². The Morgan fingerprint density at radius 1 is 0.451 bits per heavy atom. The van der Waals surface area contributed by atoms with Gasteiger partial charge in [0, 0.05) is 44.5 Å². The van der Waals surface area contributed by atoms with E-state index in [0.717, 1.165) is 17.1 Å². The number of H-pyrrole nitrogens is 1. The Balaban J connectivity index is 1.03. The van der Waals surface area contributed by atoms with Crippen LogP contribution < -0.4 is 4.90 Å². The van der Waals surface area contributed by atoms with Crippen LogP contribution in [0.1, 0.15) is 25.0 Å². The molecule has 8 aromatic carbocycles. The SMILES string of the molecule is CC1(C)c2ccccc2-c2ccc(N(c3ccc(-c4ccc5[nH]c6c(c5c4)-c4cccc5cccc-6c45)cc3)c3ccc4ccccc4c3)cc21. The Kier molecular flexibility index (Phi) is 5.76. The zero-order valence-electron chi connectivity index (χ0n) is 28.5. The van der Waals surface area contributed by atoms with E-state index in [1.807, 2.05) is 0 Å². The Bertz CT molecular complexity index is 2880. The summed E-state index contributed by atoms with van der Waals surface area (Å²) >= 11 is 0. The predicted molar refractivity (Wildman–Crippen MR) is 215 cm³/mol. The summed E-state index contributed by atoms with van der Waals surface area (Å²) in [5.41, 5.74) is 17.6. The minimum absolute atomic E-state index is 0.0786. The van der Waals surface area contributed by atoms with Crippen molar-refractivity contribution in [2.24, 2.45) is 0 Å². The number of aromatic amines is 1. The van der Waals surface area contributed by atoms with E-state index in [9.17, 15) is 0 Å². The van der Waals surface area contributed by atoms with Crippen LogP contribution >= 0.6 is 0 Å². The molecule has 9 aromatic rings. The topological polar surface area (TPSA) is 19.0 Å². The number of rotatable bonds is 4. The van der Waals surface area contributed by atoms with Crippen LogP contribution in [0.15, 0.2) is 164 Å². The summed E-state index contributed by atoms with van der Waals surface area (Å²) in [4.78, 5) is 6.17. The van der Waals surface area contributed by atoms with Gasteiger partial charge in [0.2, 0.25) is 0 Å². The van der Waals surface area contributed by atoms with Crippen molar-refractivity contribution in [1.29, 1.82) is 0 Å². The van der Waals surface area contributed by atoms with Gasteiger partial charge in [0.25, 0.3) is 0 Å². The molecule has 11 rings (SSSR count). The number of anilines is 3. The third-order valence-electron chi connectivity index (χ3n) is 11.5.